The smallest absolute Gasteiger partial charge is 0.232 e. The predicted molar refractivity (Wildman–Crippen MR) is 69.7 cm³/mol. The number of ether oxygens (including phenoxy) is 1. The summed E-state index contributed by atoms with van der Waals surface area (Å²) in [7, 11) is 1.82. The van der Waals surface area contributed by atoms with Gasteiger partial charge in [0.25, 0.3) is 0 Å². The van der Waals surface area contributed by atoms with E-state index in [0.29, 0.717) is 18.4 Å². The van der Waals surface area contributed by atoms with Crippen molar-refractivity contribution in [2.75, 3.05) is 20.3 Å². The molecule has 2 heterocycles. The lowest BCUT2D eigenvalue weighted by molar-refractivity contribution is -0.146. The molecule has 1 aliphatic heterocycles. The van der Waals surface area contributed by atoms with Gasteiger partial charge in [-0.1, -0.05) is 17.7 Å². The second-order valence-electron chi connectivity index (χ2n) is 5.10. The minimum absolute atomic E-state index is 0.0694. The molecule has 98 valence electrons. The SMILES string of the molecule is CN(C(=O)C(C)(C)c1ccc(Cl)nc1)C1COC1. The molecule has 5 heteroatoms. The van der Waals surface area contributed by atoms with Crippen molar-refractivity contribution in [2.24, 2.45) is 0 Å². The van der Waals surface area contributed by atoms with Crippen LogP contribution in [-0.4, -0.2) is 42.1 Å². The molecule has 1 aromatic rings. The number of halogens is 1. The maximum atomic E-state index is 12.5. The highest BCUT2D eigenvalue weighted by atomic mass is 35.5. The molecular formula is C13H17ClN2O2. The summed E-state index contributed by atoms with van der Waals surface area (Å²) in [5.74, 6) is 0.0694. The molecule has 0 saturated carbocycles. The average Bonchev–Trinajstić information content (AvgIpc) is 2.26. The molecule has 0 aliphatic carbocycles. The Morgan fingerprint density at radius 1 is 1.50 bits per heavy atom. The van der Waals surface area contributed by atoms with Gasteiger partial charge in [0.05, 0.1) is 24.7 Å². The fourth-order valence-electron chi connectivity index (χ4n) is 1.92. The van der Waals surface area contributed by atoms with Crippen LogP contribution >= 0.6 is 11.6 Å². The highest BCUT2D eigenvalue weighted by molar-refractivity contribution is 6.29. The molecule has 0 spiro atoms. The van der Waals surface area contributed by atoms with Gasteiger partial charge < -0.3 is 9.64 Å². The molecule has 2 rings (SSSR count). The minimum atomic E-state index is -0.609. The zero-order valence-electron chi connectivity index (χ0n) is 10.8. The van der Waals surface area contributed by atoms with Gasteiger partial charge in [0.2, 0.25) is 5.91 Å². The van der Waals surface area contributed by atoms with Crippen molar-refractivity contribution < 1.29 is 9.53 Å². The van der Waals surface area contributed by atoms with Gasteiger partial charge in [0.15, 0.2) is 0 Å². The maximum Gasteiger partial charge on any atom is 0.232 e. The molecule has 0 unspecified atom stereocenters. The second kappa shape index (κ2) is 4.86. The quantitative estimate of drug-likeness (QED) is 0.786. The molecule has 4 nitrogen and oxygen atoms in total. The van der Waals surface area contributed by atoms with Crippen molar-refractivity contribution in [3.63, 3.8) is 0 Å². The van der Waals surface area contributed by atoms with Crippen molar-refractivity contribution in [3.05, 3.63) is 29.0 Å². The first-order chi connectivity index (χ1) is 8.43. The number of hydrogen-bond donors (Lipinski definition) is 0. The van der Waals surface area contributed by atoms with Crippen LogP contribution in [0.4, 0.5) is 0 Å². The van der Waals surface area contributed by atoms with Gasteiger partial charge in [-0.05, 0) is 25.5 Å². The molecule has 1 fully saturated rings. The fourth-order valence-corrected chi connectivity index (χ4v) is 2.03. The van der Waals surface area contributed by atoms with E-state index < -0.39 is 5.41 Å². The Balaban J connectivity index is 2.18. The summed E-state index contributed by atoms with van der Waals surface area (Å²) in [4.78, 5) is 18.3. The van der Waals surface area contributed by atoms with Crippen LogP contribution in [0, 0.1) is 0 Å². The Morgan fingerprint density at radius 3 is 2.61 bits per heavy atom. The van der Waals surface area contributed by atoms with Gasteiger partial charge in [-0.15, -0.1) is 0 Å². The topological polar surface area (TPSA) is 42.4 Å². The first kappa shape index (κ1) is 13.3. The van der Waals surface area contributed by atoms with E-state index in [1.807, 2.05) is 27.0 Å². The van der Waals surface area contributed by atoms with E-state index in [2.05, 4.69) is 4.98 Å². The summed E-state index contributed by atoms with van der Waals surface area (Å²) in [6.07, 6.45) is 1.66. The van der Waals surface area contributed by atoms with E-state index in [1.54, 1.807) is 17.2 Å². The lowest BCUT2D eigenvalue weighted by Gasteiger charge is -2.38. The lowest BCUT2D eigenvalue weighted by atomic mass is 9.84. The molecule has 0 radical (unpaired) electrons. The average molecular weight is 269 g/mol. The van der Waals surface area contributed by atoms with E-state index in [-0.39, 0.29) is 11.9 Å². The van der Waals surface area contributed by atoms with Crippen LogP contribution in [0.2, 0.25) is 5.15 Å². The Bertz CT molecular complexity index is 441. The van der Waals surface area contributed by atoms with Gasteiger partial charge >= 0.3 is 0 Å². The van der Waals surface area contributed by atoms with E-state index in [9.17, 15) is 4.79 Å². The van der Waals surface area contributed by atoms with Crippen molar-refractivity contribution in [2.45, 2.75) is 25.3 Å². The molecule has 0 bridgehead atoms. The van der Waals surface area contributed by atoms with Gasteiger partial charge in [-0.25, -0.2) is 4.98 Å². The van der Waals surface area contributed by atoms with Crippen LogP contribution in [0.3, 0.4) is 0 Å². The largest absolute Gasteiger partial charge is 0.377 e. The highest BCUT2D eigenvalue weighted by Gasteiger charge is 2.37. The van der Waals surface area contributed by atoms with E-state index in [1.165, 1.54) is 0 Å². The maximum absolute atomic E-state index is 12.5. The molecule has 1 aliphatic rings. The Labute approximate surface area is 112 Å². The number of pyridine rings is 1. The number of amides is 1. The number of likely N-dealkylation sites (N-methyl/N-ethyl adjacent to an activating group) is 1. The number of nitrogens with zero attached hydrogens (tertiary/aromatic N) is 2. The van der Waals surface area contributed by atoms with E-state index in [0.717, 1.165) is 5.56 Å². The molecule has 18 heavy (non-hydrogen) atoms. The number of carbonyl (C=O) groups is 1. The molecule has 1 amide bonds. The van der Waals surface area contributed by atoms with Crippen LogP contribution in [0.25, 0.3) is 0 Å². The standard InChI is InChI=1S/C13H17ClN2O2/c1-13(2,9-4-5-11(14)15-6-9)12(17)16(3)10-7-18-8-10/h4-6,10H,7-8H2,1-3H3. The fraction of sp³-hybridized carbons (Fsp3) is 0.538. The third-order valence-corrected chi connectivity index (χ3v) is 3.70. The molecule has 1 aromatic heterocycles. The third kappa shape index (κ3) is 2.35. The molecule has 0 aromatic carbocycles. The summed E-state index contributed by atoms with van der Waals surface area (Å²) in [5.41, 5.74) is 0.256. The van der Waals surface area contributed by atoms with E-state index in [4.69, 9.17) is 16.3 Å². The Kier molecular flexibility index (Phi) is 3.59. The van der Waals surface area contributed by atoms with Crippen LogP contribution < -0.4 is 0 Å². The number of rotatable bonds is 3. The zero-order valence-corrected chi connectivity index (χ0v) is 11.6. The molecular weight excluding hydrogens is 252 g/mol. The number of hydrogen-bond acceptors (Lipinski definition) is 3. The molecule has 0 N–H and O–H groups in total. The minimum Gasteiger partial charge on any atom is -0.377 e. The summed E-state index contributed by atoms with van der Waals surface area (Å²) in [6, 6.07) is 3.74. The molecule has 0 atom stereocenters. The van der Waals surface area contributed by atoms with Gasteiger partial charge in [-0.3, -0.25) is 4.79 Å². The van der Waals surface area contributed by atoms with Gasteiger partial charge in [-0.2, -0.15) is 0 Å². The Morgan fingerprint density at radius 2 is 2.17 bits per heavy atom. The number of aromatic nitrogens is 1. The van der Waals surface area contributed by atoms with Crippen molar-refractivity contribution in [3.8, 4) is 0 Å². The van der Waals surface area contributed by atoms with Gasteiger partial charge in [0, 0.05) is 13.2 Å². The summed E-state index contributed by atoms with van der Waals surface area (Å²) in [6.45, 7) is 5.04. The first-order valence-electron chi connectivity index (χ1n) is 5.90. The van der Waals surface area contributed by atoms with Crippen LogP contribution in [0.5, 0.6) is 0 Å². The summed E-state index contributed by atoms with van der Waals surface area (Å²) >= 11 is 5.76. The van der Waals surface area contributed by atoms with Crippen LogP contribution in [0.1, 0.15) is 19.4 Å². The zero-order chi connectivity index (χ0) is 13.3. The van der Waals surface area contributed by atoms with E-state index >= 15 is 0 Å². The first-order valence-corrected chi connectivity index (χ1v) is 6.28. The lowest BCUT2D eigenvalue weighted by Crippen LogP contribution is -2.54. The molecule has 1 saturated heterocycles. The van der Waals surface area contributed by atoms with Crippen molar-refractivity contribution in [1.29, 1.82) is 0 Å². The van der Waals surface area contributed by atoms with Gasteiger partial charge in [0.1, 0.15) is 5.15 Å². The van der Waals surface area contributed by atoms with Crippen LogP contribution in [-0.2, 0) is 14.9 Å². The van der Waals surface area contributed by atoms with Crippen molar-refractivity contribution >= 4 is 17.5 Å². The predicted octanol–water partition coefficient (Wildman–Crippen LogP) is 1.87. The highest BCUT2D eigenvalue weighted by Crippen LogP contribution is 2.27. The summed E-state index contributed by atoms with van der Waals surface area (Å²) in [5, 5.41) is 0.433. The number of carbonyl (C=O) groups excluding carboxylic acids is 1. The third-order valence-electron chi connectivity index (χ3n) is 3.47. The van der Waals surface area contributed by atoms with Crippen molar-refractivity contribution in [1.82, 2.24) is 9.88 Å². The summed E-state index contributed by atoms with van der Waals surface area (Å²) < 4.78 is 5.12. The van der Waals surface area contributed by atoms with Crippen LogP contribution in [0.15, 0.2) is 18.3 Å². The normalized spacial score (nSPS) is 16.2. The Hall–Kier alpha value is -1.13. The monoisotopic (exact) mass is 268 g/mol. The second-order valence-corrected chi connectivity index (χ2v) is 5.49.